The van der Waals surface area contributed by atoms with Crippen molar-refractivity contribution in [1.82, 2.24) is 4.90 Å². The molecule has 8 heteroatoms. The quantitative estimate of drug-likeness (QED) is 0.576. The van der Waals surface area contributed by atoms with Gasteiger partial charge in [-0.05, 0) is 57.4 Å². The fourth-order valence-electron chi connectivity index (χ4n) is 3.28. The van der Waals surface area contributed by atoms with E-state index in [2.05, 4.69) is 0 Å². The number of rotatable bonds is 3. The van der Waals surface area contributed by atoms with Crippen LogP contribution in [0.25, 0.3) is 0 Å². The number of carbonyl (C=O) groups is 3. The van der Waals surface area contributed by atoms with Gasteiger partial charge in [-0.2, -0.15) is 0 Å². The van der Waals surface area contributed by atoms with E-state index in [1.165, 1.54) is 31.3 Å². The maximum atomic E-state index is 14.0. The second kappa shape index (κ2) is 8.58. The van der Waals surface area contributed by atoms with Crippen LogP contribution in [0.1, 0.15) is 55.6 Å². The zero-order chi connectivity index (χ0) is 21.1. The van der Waals surface area contributed by atoms with E-state index < -0.39 is 41.4 Å². The molecule has 0 N–H and O–H groups in total. The zero-order valence-corrected chi connectivity index (χ0v) is 16.8. The first kappa shape index (κ1) is 21.7. The molecule has 0 spiro atoms. The summed E-state index contributed by atoms with van der Waals surface area (Å²) in [5, 5.41) is 0. The maximum absolute atomic E-state index is 14.0. The Morgan fingerprint density at radius 3 is 2.36 bits per heavy atom. The number of amides is 1. The van der Waals surface area contributed by atoms with Crippen molar-refractivity contribution in [2.45, 2.75) is 45.3 Å². The molecule has 1 aromatic rings. The van der Waals surface area contributed by atoms with Crippen molar-refractivity contribution in [2.75, 3.05) is 20.8 Å². The third-order valence-electron chi connectivity index (χ3n) is 4.52. The van der Waals surface area contributed by atoms with Crippen molar-refractivity contribution >= 4 is 18.0 Å². The second-order valence-electron chi connectivity index (χ2n) is 7.67. The molecule has 2 rings (SSSR count). The molecular formula is C20H26FNO6. The summed E-state index contributed by atoms with van der Waals surface area (Å²) in [7, 11) is 2.52. The number of carbonyl (C=O) groups excluding carboxylic acids is 3. The summed E-state index contributed by atoms with van der Waals surface area (Å²) in [4.78, 5) is 38.4. The lowest BCUT2D eigenvalue weighted by Crippen LogP contribution is -2.47. The van der Waals surface area contributed by atoms with E-state index in [9.17, 15) is 18.8 Å². The third-order valence-corrected chi connectivity index (χ3v) is 4.52. The molecule has 2 unspecified atom stereocenters. The predicted molar refractivity (Wildman–Crippen MR) is 98.2 cm³/mol. The average Bonchev–Trinajstić information content (AvgIpc) is 2.64. The molecule has 154 valence electrons. The summed E-state index contributed by atoms with van der Waals surface area (Å²) in [5.74, 6) is -2.13. The number of hydrogen-bond acceptors (Lipinski definition) is 6. The Bertz CT molecular complexity index is 758. The van der Waals surface area contributed by atoms with Gasteiger partial charge < -0.3 is 19.1 Å². The van der Waals surface area contributed by atoms with Gasteiger partial charge in [0, 0.05) is 6.54 Å². The Morgan fingerprint density at radius 1 is 1.11 bits per heavy atom. The minimum absolute atomic E-state index is 0.0450. The minimum Gasteiger partial charge on any atom is -0.469 e. The number of esters is 2. The molecule has 1 aliphatic heterocycles. The summed E-state index contributed by atoms with van der Waals surface area (Å²) in [6, 6.07) is 3.07. The van der Waals surface area contributed by atoms with Gasteiger partial charge in [-0.25, -0.2) is 14.0 Å². The van der Waals surface area contributed by atoms with E-state index >= 15 is 0 Å². The molecule has 28 heavy (non-hydrogen) atoms. The van der Waals surface area contributed by atoms with Crippen LogP contribution < -0.4 is 0 Å². The number of ether oxygens (including phenoxy) is 3. The Kier molecular flexibility index (Phi) is 6.64. The fourth-order valence-corrected chi connectivity index (χ4v) is 3.28. The number of benzene rings is 1. The van der Waals surface area contributed by atoms with E-state index in [-0.39, 0.29) is 12.1 Å². The highest BCUT2D eigenvalue weighted by Crippen LogP contribution is 2.37. The first-order chi connectivity index (χ1) is 13.1. The Balaban J connectivity index is 2.45. The minimum atomic E-state index is -0.757. The van der Waals surface area contributed by atoms with Crippen molar-refractivity contribution in [2.24, 2.45) is 5.92 Å². The summed E-state index contributed by atoms with van der Waals surface area (Å²) in [6.45, 7) is 5.22. The SMILES string of the molecule is COC(=O)c1ccc(F)cc1C1CCC(C(=O)OC)CN1C(=O)OC(C)(C)C. The molecule has 0 saturated carbocycles. The van der Waals surface area contributed by atoms with Crippen molar-refractivity contribution in [3.8, 4) is 0 Å². The van der Waals surface area contributed by atoms with Crippen molar-refractivity contribution < 1.29 is 33.0 Å². The van der Waals surface area contributed by atoms with Crippen molar-refractivity contribution in [3.63, 3.8) is 0 Å². The molecular weight excluding hydrogens is 369 g/mol. The van der Waals surface area contributed by atoms with Gasteiger partial charge in [-0.1, -0.05) is 0 Å². The lowest BCUT2D eigenvalue weighted by atomic mass is 9.87. The maximum Gasteiger partial charge on any atom is 0.410 e. The van der Waals surface area contributed by atoms with Crippen LogP contribution in [0, 0.1) is 11.7 Å². The second-order valence-corrected chi connectivity index (χ2v) is 7.67. The summed E-state index contributed by atoms with van der Waals surface area (Å²) < 4.78 is 29.0. The number of methoxy groups -OCH3 is 2. The molecule has 2 atom stereocenters. The summed E-state index contributed by atoms with van der Waals surface area (Å²) >= 11 is 0. The first-order valence-corrected chi connectivity index (χ1v) is 9.02. The molecule has 1 aromatic carbocycles. The highest BCUT2D eigenvalue weighted by Gasteiger charge is 2.39. The number of likely N-dealkylation sites (tertiary alicyclic amines) is 1. The van der Waals surface area contributed by atoms with Crippen molar-refractivity contribution in [1.29, 1.82) is 0 Å². The van der Waals surface area contributed by atoms with Crippen LogP contribution in [-0.4, -0.2) is 49.3 Å². The number of hydrogen-bond donors (Lipinski definition) is 0. The molecule has 1 heterocycles. The number of nitrogens with zero attached hydrogens (tertiary/aromatic N) is 1. The van der Waals surface area contributed by atoms with Crippen molar-refractivity contribution in [3.05, 3.63) is 35.1 Å². The molecule has 1 amide bonds. The lowest BCUT2D eigenvalue weighted by Gasteiger charge is -2.40. The Morgan fingerprint density at radius 2 is 1.79 bits per heavy atom. The monoisotopic (exact) mass is 395 g/mol. The average molecular weight is 395 g/mol. The summed E-state index contributed by atoms with van der Waals surface area (Å²) in [6.07, 6.45) is 0.117. The normalized spacial score (nSPS) is 19.7. The first-order valence-electron chi connectivity index (χ1n) is 9.02. The van der Waals surface area contributed by atoms with Crippen LogP contribution in [0.4, 0.5) is 9.18 Å². The predicted octanol–water partition coefficient (Wildman–Crippen LogP) is 3.47. The van der Waals surface area contributed by atoms with Crippen LogP contribution in [0.15, 0.2) is 18.2 Å². The van der Waals surface area contributed by atoms with Crippen LogP contribution >= 0.6 is 0 Å². The smallest absolute Gasteiger partial charge is 0.410 e. The van der Waals surface area contributed by atoms with Gasteiger partial charge >= 0.3 is 18.0 Å². The van der Waals surface area contributed by atoms with E-state index in [1.807, 2.05) is 0 Å². The van der Waals surface area contributed by atoms with E-state index in [0.29, 0.717) is 18.4 Å². The van der Waals surface area contributed by atoms with Gasteiger partial charge in [0.2, 0.25) is 0 Å². The van der Waals surface area contributed by atoms with Crippen LogP contribution in [0.5, 0.6) is 0 Å². The molecule has 7 nitrogen and oxygen atoms in total. The number of halogens is 1. The van der Waals surface area contributed by atoms with Crippen LogP contribution in [0.2, 0.25) is 0 Å². The molecule has 0 aromatic heterocycles. The Hall–Kier alpha value is -2.64. The zero-order valence-electron chi connectivity index (χ0n) is 16.8. The molecule has 0 bridgehead atoms. The molecule has 1 aliphatic rings. The topological polar surface area (TPSA) is 82.1 Å². The van der Waals surface area contributed by atoms with Crippen LogP contribution in [-0.2, 0) is 19.0 Å². The largest absolute Gasteiger partial charge is 0.469 e. The van der Waals surface area contributed by atoms with Gasteiger partial charge in [-0.15, -0.1) is 0 Å². The molecule has 0 aliphatic carbocycles. The van der Waals surface area contributed by atoms with E-state index in [1.54, 1.807) is 20.8 Å². The lowest BCUT2D eigenvalue weighted by molar-refractivity contribution is -0.147. The Labute approximate surface area is 163 Å². The highest BCUT2D eigenvalue weighted by molar-refractivity contribution is 5.91. The fraction of sp³-hybridized carbons (Fsp3) is 0.550. The van der Waals surface area contributed by atoms with Gasteiger partial charge in [-0.3, -0.25) is 4.79 Å². The standard InChI is InChI=1S/C20H26FNO6/c1-20(2,3)28-19(25)22-11-12(17(23)26-4)6-9-16(22)15-10-13(21)7-8-14(15)18(24)27-5/h7-8,10,12,16H,6,9,11H2,1-5H3. The summed E-state index contributed by atoms with van der Waals surface area (Å²) in [5.41, 5.74) is -0.271. The van der Waals surface area contributed by atoms with Gasteiger partial charge in [0.15, 0.2) is 0 Å². The van der Waals surface area contributed by atoms with Gasteiger partial charge in [0.25, 0.3) is 0 Å². The third kappa shape index (κ3) is 4.99. The van der Waals surface area contributed by atoms with Gasteiger partial charge in [0.05, 0.1) is 31.7 Å². The molecule has 1 saturated heterocycles. The van der Waals surface area contributed by atoms with E-state index in [0.717, 1.165) is 6.07 Å². The molecule has 1 fully saturated rings. The molecule has 0 radical (unpaired) electrons. The highest BCUT2D eigenvalue weighted by atomic mass is 19.1. The van der Waals surface area contributed by atoms with E-state index in [4.69, 9.17) is 14.2 Å². The van der Waals surface area contributed by atoms with Gasteiger partial charge in [0.1, 0.15) is 11.4 Å². The van der Waals surface area contributed by atoms with Crippen LogP contribution in [0.3, 0.4) is 0 Å². The number of piperidine rings is 1.